The van der Waals surface area contributed by atoms with Crippen LogP contribution in [-0.2, 0) is 19.6 Å². The molecule has 0 bridgehead atoms. The number of rotatable bonds is 10. The van der Waals surface area contributed by atoms with Gasteiger partial charge in [-0.25, -0.2) is 13.1 Å². The predicted octanol–water partition coefficient (Wildman–Crippen LogP) is 2.41. The van der Waals surface area contributed by atoms with E-state index in [9.17, 15) is 13.2 Å². The molecule has 2 N–H and O–H groups in total. The number of anilines is 1. The maximum atomic E-state index is 12.2. The molecule has 0 spiro atoms. The molecule has 146 valence electrons. The zero-order valence-electron chi connectivity index (χ0n) is 15.3. The lowest BCUT2D eigenvalue weighted by molar-refractivity contribution is -0.122. The summed E-state index contributed by atoms with van der Waals surface area (Å²) in [5.74, 6) is 0.272. The lowest BCUT2D eigenvalue weighted by Gasteiger charge is -2.15. The Balaban J connectivity index is 1.91. The number of sulfonamides is 1. The van der Waals surface area contributed by atoms with Crippen LogP contribution in [0.3, 0.4) is 0 Å². The fourth-order valence-corrected chi connectivity index (χ4v) is 3.30. The molecule has 0 aliphatic carbocycles. The summed E-state index contributed by atoms with van der Waals surface area (Å²) in [6.07, 6.45) is -0.110. The van der Waals surface area contributed by atoms with Crippen molar-refractivity contribution < 1.29 is 22.7 Å². The number of amides is 1. The number of hydrogen-bond acceptors (Lipinski definition) is 5. The van der Waals surface area contributed by atoms with Gasteiger partial charge in [-0.05, 0) is 49.7 Å². The first-order valence-electron chi connectivity index (χ1n) is 8.53. The minimum atomic E-state index is -3.59. The van der Waals surface area contributed by atoms with Crippen molar-refractivity contribution in [2.24, 2.45) is 0 Å². The zero-order chi connectivity index (χ0) is 19.7. The second-order valence-corrected chi connectivity index (χ2v) is 7.60. The van der Waals surface area contributed by atoms with Gasteiger partial charge in [0.15, 0.2) is 6.10 Å². The molecule has 7 nitrogen and oxygen atoms in total. The Kier molecular flexibility index (Phi) is 7.78. The molecule has 2 rings (SSSR count). The summed E-state index contributed by atoms with van der Waals surface area (Å²) < 4.78 is 37.3. The fraction of sp³-hybridized carbons (Fsp3) is 0.316. The largest absolute Gasteiger partial charge is 0.481 e. The molecule has 27 heavy (non-hydrogen) atoms. The van der Waals surface area contributed by atoms with Gasteiger partial charge in [-0.3, -0.25) is 4.79 Å². The van der Waals surface area contributed by atoms with Gasteiger partial charge in [0.05, 0.1) is 4.90 Å². The number of methoxy groups -OCH3 is 1. The van der Waals surface area contributed by atoms with Gasteiger partial charge in [-0.15, -0.1) is 0 Å². The Labute approximate surface area is 159 Å². The second kappa shape index (κ2) is 10.1. The summed E-state index contributed by atoms with van der Waals surface area (Å²) in [7, 11) is -2.02. The molecule has 0 heterocycles. The number of ether oxygens (including phenoxy) is 2. The van der Waals surface area contributed by atoms with E-state index in [1.54, 1.807) is 26.2 Å². The van der Waals surface area contributed by atoms with Crippen LogP contribution in [0.1, 0.15) is 13.3 Å². The summed E-state index contributed by atoms with van der Waals surface area (Å²) in [4.78, 5) is 12.4. The summed E-state index contributed by atoms with van der Waals surface area (Å²) >= 11 is 0. The molecular formula is C19H24N2O5S. The van der Waals surface area contributed by atoms with E-state index in [-0.39, 0.29) is 10.8 Å². The van der Waals surface area contributed by atoms with Crippen molar-refractivity contribution in [1.82, 2.24) is 4.72 Å². The normalized spacial score (nSPS) is 12.4. The minimum Gasteiger partial charge on any atom is -0.481 e. The standard InChI is InChI=1S/C19H24N2O5S/c1-15(26-17-7-4-3-5-8-17)19(22)21-16-9-11-18(12-10-16)27(23,24)20-13-6-14-25-2/h3-5,7-12,15,20H,6,13-14H2,1-2H3,(H,21,22). The number of carbonyl (C=O) groups is 1. The minimum absolute atomic E-state index is 0.131. The van der Waals surface area contributed by atoms with E-state index >= 15 is 0 Å². The smallest absolute Gasteiger partial charge is 0.265 e. The Hall–Kier alpha value is -2.42. The van der Waals surface area contributed by atoms with Gasteiger partial charge >= 0.3 is 0 Å². The molecule has 0 radical (unpaired) electrons. The van der Waals surface area contributed by atoms with E-state index in [1.807, 2.05) is 18.2 Å². The molecule has 1 atom stereocenters. The highest BCUT2D eigenvalue weighted by Crippen LogP contribution is 2.16. The van der Waals surface area contributed by atoms with Crippen molar-refractivity contribution in [3.8, 4) is 5.75 Å². The van der Waals surface area contributed by atoms with Gasteiger partial charge in [-0.2, -0.15) is 0 Å². The molecule has 0 saturated carbocycles. The lowest BCUT2D eigenvalue weighted by Crippen LogP contribution is -2.30. The highest BCUT2D eigenvalue weighted by Gasteiger charge is 2.16. The van der Waals surface area contributed by atoms with Gasteiger partial charge in [0.2, 0.25) is 10.0 Å². The van der Waals surface area contributed by atoms with Crippen LogP contribution >= 0.6 is 0 Å². The molecule has 2 aromatic carbocycles. The molecule has 0 fully saturated rings. The van der Waals surface area contributed by atoms with Crippen LogP contribution in [0.5, 0.6) is 5.75 Å². The Morgan fingerprint density at radius 1 is 1.07 bits per heavy atom. The SMILES string of the molecule is COCCCNS(=O)(=O)c1ccc(NC(=O)C(C)Oc2ccccc2)cc1. The average molecular weight is 392 g/mol. The zero-order valence-corrected chi connectivity index (χ0v) is 16.2. The van der Waals surface area contributed by atoms with E-state index in [0.717, 1.165) is 0 Å². The molecule has 1 amide bonds. The molecule has 1 unspecified atom stereocenters. The van der Waals surface area contributed by atoms with E-state index in [1.165, 1.54) is 24.3 Å². The van der Waals surface area contributed by atoms with E-state index in [2.05, 4.69) is 10.0 Å². The summed E-state index contributed by atoms with van der Waals surface area (Å²) in [6, 6.07) is 15.0. The molecule has 2 aromatic rings. The quantitative estimate of drug-likeness (QED) is 0.606. The first-order valence-corrected chi connectivity index (χ1v) is 10.0. The highest BCUT2D eigenvalue weighted by atomic mass is 32.2. The maximum Gasteiger partial charge on any atom is 0.265 e. The highest BCUT2D eigenvalue weighted by molar-refractivity contribution is 7.89. The van der Waals surface area contributed by atoms with Crippen molar-refractivity contribution in [3.05, 3.63) is 54.6 Å². The Morgan fingerprint density at radius 3 is 2.37 bits per heavy atom. The number of nitrogens with one attached hydrogen (secondary N) is 2. The van der Waals surface area contributed by atoms with Crippen LogP contribution in [0.15, 0.2) is 59.5 Å². The third kappa shape index (κ3) is 6.67. The number of benzene rings is 2. The monoisotopic (exact) mass is 392 g/mol. The van der Waals surface area contributed by atoms with E-state index < -0.39 is 16.1 Å². The molecule has 0 saturated heterocycles. The number of hydrogen-bond donors (Lipinski definition) is 2. The topological polar surface area (TPSA) is 93.7 Å². The number of carbonyl (C=O) groups excluding carboxylic acids is 1. The summed E-state index contributed by atoms with van der Waals surface area (Å²) in [5, 5.41) is 2.70. The third-order valence-corrected chi connectivity index (χ3v) is 5.15. The van der Waals surface area contributed by atoms with Crippen LogP contribution in [0.2, 0.25) is 0 Å². The molecule has 8 heteroatoms. The molecular weight excluding hydrogens is 368 g/mol. The van der Waals surface area contributed by atoms with Crippen LogP contribution in [0.4, 0.5) is 5.69 Å². The first kappa shape index (κ1) is 20.9. The number of para-hydroxylation sites is 1. The van der Waals surface area contributed by atoms with Crippen molar-refractivity contribution in [2.75, 3.05) is 25.6 Å². The first-order chi connectivity index (χ1) is 12.9. The van der Waals surface area contributed by atoms with Crippen molar-refractivity contribution >= 4 is 21.6 Å². The Morgan fingerprint density at radius 2 is 1.74 bits per heavy atom. The van der Waals surface area contributed by atoms with Gasteiger partial charge in [0.1, 0.15) is 5.75 Å². The second-order valence-electron chi connectivity index (χ2n) is 5.83. The molecule has 0 aliphatic heterocycles. The van der Waals surface area contributed by atoms with Crippen molar-refractivity contribution in [2.45, 2.75) is 24.3 Å². The van der Waals surface area contributed by atoms with E-state index in [4.69, 9.17) is 9.47 Å². The van der Waals surface area contributed by atoms with Gasteiger partial charge in [0, 0.05) is 25.9 Å². The van der Waals surface area contributed by atoms with Crippen LogP contribution < -0.4 is 14.8 Å². The van der Waals surface area contributed by atoms with Gasteiger partial charge in [0.25, 0.3) is 5.91 Å². The summed E-state index contributed by atoms with van der Waals surface area (Å²) in [5.41, 5.74) is 0.488. The average Bonchev–Trinajstić information content (AvgIpc) is 2.66. The third-order valence-electron chi connectivity index (χ3n) is 3.67. The molecule has 0 aromatic heterocycles. The van der Waals surface area contributed by atoms with Crippen molar-refractivity contribution in [1.29, 1.82) is 0 Å². The van der Waals surface area contributed by atoms with Crippen LogP contribution in [-0.4, -0.2) is 40.7 Å². The Bertz CT molecular complexity index is 823. The predicted molar refractivity (Wildman–Crippen MR) is 103 cm³/mol. The van der Waals surface area contributed by atoms with E-state index in [0.29, 0.717) is 31.0 Å². The van der Waals surface area contributed by atoms with Crippen LogP contribution in [0, 0.1) is 0 Å². The molecule has 0 aliphatic rings. The van der Waals surface area contributed by atoms with Gasteiger partial charge < -0.3 is 14.8 Å². The van der Waals surface area contributed by atoms with Crippen LogP contribution in [0.25, 0.3) is 0 Å². The summed E-state index contributed by atoms with van der Waals surface area (Å²) in [6.45, 7) is 2.42. The van der Waals surface area contributed by atoms with Crippen molar-refractivity contribution in [3.63, 3.8) is 0 Å². The lowest BCUT2D eigenvalue weighted by atomic mass is 10.3. The van der Waals surface area contributed by atoms with Gasteiger partial charge in [-0.1, -0.05) is 18.2 Å². The maximum absolute atomic E-state index is 12.2. The fourth-order valence-electron chi connectivity index (χ4n) is 2.22.